The summed E-state index contributed by atoms with van der Waals surface area (Å²) in [6, 6.07) is 17.8. The standard InChI is InChI=1S/C18H18N2OS/c1-13(11-12-14-7-3-2-4-8-14)20-17(21)15-9-5-6-10-16(15)19-18(20)22/h2-10,13H,11-12H2,1H3,(H,19,22)/t13-/m0/s1. The third-order valence-corrected chi connectivity index (χ3v) is 4.27. The van der Waals surface area contributed by atoms with E-state index < -0.39 is 0 Å². The van der Waals surface area contributed by atoms with Gasteiger partial charge in [0.05, 0.1) is 10.9 Å². The third-order valence-electron chi connectivity index (χ3n) is 3.97. The zero-order chi connectivity index (χ0) is 15.5. The molecule has 0 spiro atoms. The van der Waals surface area contributed by atoms with Crippen molar-refractivity contribution in [2.24, 2.45) is 0 Å². The summed E-state index contributed by atoms with van der Waals surface area (Å²) in [6.45, 7) is 2.04. The summed E-state index contributed by atoms with van der Waals surface area (Å²) in [7, 11) is 0. The zero-order valence-corrected chi connectivity index (χ0v) is 13.3. The Labute approximate surface area is 134 Å². The first-order valence-electron chi connectivity index (χ1n) is 7.44. The molecule has 0 aliphatic heterocycles. The van der Waals surface area contributed by atoms with Crippen molar-refractivity contribution in [2.75, 3.05) is 0 Å². The molecular formula is C18H18N2OS. The van der Waals surface area contributed by atoms with Crippen LogP contribution in [0.1, 0.15) is 24.9 Å². The van der Waals surface area contributed by atoms with Crippen molar-refractivity contribution in [1.82, 2.24) is 9.55 Å². The van der Waals surface area contributed by atoms with Crippen molar-refractivity contribution < 1.29 is 0 Å². The molecule has 0 saturated heterocycles. The van der Waals surface area contributed by atoms with Gasteiger partial charge in [-0.25, -0.2) is 0 Å². The highest BCUT2D eigenvalue weighted by Gasteiger charge is 2.11. The van der Waals surface area contributed by atoms with E-state index in [1.54, 1.807) is 4.57 Å². The number of rotatable bonds is 4. The van der Waals surface area contributed by atoms with Crippen LogP contribution in [0.2, 0.25) is 0 Å². The molecule has 1 atom stereocenters. The predicted octanol–water partition coefficient (Wildman–Crippen LogP) is 4.25. The van der Waals surface area contributed by atoms with Crippen molar-refractivity contribution in [3.05, 3.63) is 75.3 Å². The number of hydrogen-bond acceptors (Lipinski definition) is 2. The van der Waals surface area contributed by atoms with E-state index in [1.807, 2.05) is 49.4 Å². The van der Waals surface area contributed by atoms with Crippen LogP contribution >= 0.6 is 12.2 Å². The lowest BCUT2D eigenvalue weighted by atomic mass is 10.1. The van der Waals surface area contributed by atoms with Crippen molar-refractivity contribution in [3.63, 3.8) is 0 Å². The SMILES string of the molecule is C[C@@H](CCc1ccccc1)n1c(=S)[nH]c2ccccc2c1=O. The number of nitrogens with one attached hydrogen (secondary N) is 1. The maximum absolute atomic E-state index is 12.7. The number of aromatic amines is 1. The first kappa shape index (κ1) is 14.7. The monoisotopic (exact) mass is 310 g/mol. The summed E-state index contributed by atoms with van der Waals surface area (Å²) in [4.78, 5) is 15.8. The van der Waals surface area contributed by atoms with Gasteiger partial charge in [0, 0.05) is 6.04 Å². The van der Waals surface area contributed by atoms with Crippen LogP contribution < -0.4 is 5.56 Å². The van der Waals surface area contributed by atoms with Crippen LogP contribution in [-0.2, 0) is 6.42 Å². The lowest BCUT2D eigenvalue weighted by Gasteiger charge is -2.16. The molecule has 0 aliphatic rings. The quantitative estimate of drug-likeness (QED) is 0.731. The minimum atomic E-state index is -0.0140. The summed E-state index contributed by atoms with van der Waals surface area (Å²) in [5.41, 5.74) is 2.06. The lowest BCUT2D eigenvalue weighted by Crippen LogP contribution is -2.25. The molecule has 3 aromatic rings. The van der Waals surface area contributed by atoms with Gasteiger partial charge in [-0.05, 0) is 49.7 Å². The van der Waals surface area contributed by atoms with Gasteiger partial charge in [0.2, 0.25) is 0 Å². The topological polar surface area (TPSA) is 37.8 Å². The van der Waals surface area contributed by atoms with Gasteiger partial charge >= 0.3 is 0 Å². The van der Waals surface area contributed by atoms with Gasteiger partial charge in [0.25, 0.3) is 5.56 Å². The fourth-order valence-electron chi connectivity index (χ4n) is 2.73. The molecule has 0 aliphatic carbocycles. The summed E-state index contributed by atoms with van der Waals surface area (Å²) in [6.07, 6.45) is 1.80. The first-order valence-corrected chi connectivity index (χ1v) is 7.85. The Kier molecular flexibility index (Phi) is 4.20. The van der Waals surface area contributed by atoms with Crippen LogP contribution in [0, 0.1) is 4.77 Å². The Morgan fingerprint density at radius 3 is 2.55 bits per heavy atom. The van der Waals surface area contributed by atoms with Crippen LogP contribution in [-0.4, -0.2) is 9.55 Å². The van der Waals surface area contributed by atoms with Gasteiger partial charge in [0.15, 0.2) is 4.77 Å². The zero-order valence-electron chi connectivity index (χ0n) is 12.5. The van der Waals surface area contributed by atoms with Crippen molar-refractivity contribution >= 4 is 23.1 Å². The van der Waals surface area contributed by atoms with Gasteiger partial charge in [0.1, 0.15) is 0 Å². The van der Waals surface area contributed by atoms with E-state index in [1.165, 1.54) is 5.56 Å². The number of para-hydroxylation sites is 1. The van der Waals surface area contributed by atoms with E-state index in [0.717, 1.165) is 18.4 Å². The summed E-state index contributed by atoms with van der Waals surface area (Å²) >= 11 is 5.38. The molecule has 0 saturated carbocycles. The van der Waals surface area contributed by atoms with E-state index >= 15 is 0 Å². The van der Waals surface area contributed by atoms with E-state index in [9.17, 15) is 4.79 Å². The largest absolute Gasteiger partial charge is 0.332 e. The van der Waals surface area contributed by atoms with Crippen LogP contribution in [0.25, 0.3) is 10.9 Å². The highest BCUT2D eigenvalue weighted by Crippen LogP contribution is 2.15. The Morgan fingerprint density at radius 2 is 1.77 bits per heavy atom. The van der Waals surface area contributed by atoms with E-state index in [0.29, 0.717) is 10.2 Å². The fourth-order valence-corrected chi connectivity index (χ4v) is 3.10. The number of nitrogens with zero attached hydrogens (tertiary/aromatic N) is 1. The molecule has 2 aromatic carbocycles. The van der Waals surface area contributed by atoms with Crippen LogP contribution in [0.15, 0.2) is 59.4 Å². The number of H-pyrrole nitrogens is 1. The number of fused-ring (bicyclic) bond motifs is 1. The minimum Gasteiger partial charge on any atom is -0.332 e. The van der Waals surface area contributed by atoms with Crippen molar-refractivity contribution in [1.29, 1.82) is 0 Å². The predicted molar refractivity (Wildman–Crippen MR) is 92.9 cm³/mol. The highest BCUT2D eigenvalue weighted by molar-refractivity contribution is 7.71. The second-order valence-corrected chi connectivity index (χ2v) is 5.91. The molecule has 4 heteroatoms. The maximum atomic E-state index is 12.7. The van der Waals surface area contributed by atoms with Gasteiger partial charge < -0.3 is 4.98 Å². The van der Waals surface area contributed by atoms with Crippen LogP contribution in [0.4, 0.5) is 0 Å². The average Bonchev–Trinajstić information content (AvgIpc) is 2.54. The molecule has 112 valence electrons. The van der Waals surface area contributed by atoms with Crippen LogP contribution in [0.3, 0.4) is 0 Å². The molecule has 0 amide bonds. The first-order chi connectivity index (χ1) is 10.7. The molecule has 0 radical (unpaired) electrons. The Balaban J connectivity index is 1.92. The van der Waals surface area contributed by atoms with Gasteiger partial charge in [-0.1, -0.05) is 42.5 Å². The average molecular weight is 310 g/mol. The van der Waals surface area contributed by atoms with E-state index in [2.05, 4.69) is 17.1 Å². The fraction of sp³-hybridized carbons (Fsp3) is 0.222. The third kappa shape index (κ3) is 2.88. The number of benzene rings is 2. The molecular weight excluding hydrogens is 292 g/mol. The Bertz CT molecular complexity index is 896. The molecule has 1 heterocycles. The smallest absolute Gasteiger partial charge is 0.262 e. The van der Waals surface area contributed by atoms with Crippen LogP contribution in [0.5, 0.6) is 0 Å². The minimum absolute atomic E-state index is 0.0140. The second-order valence-electron chi connectivity index (χ2n) is 5.52. The molecule has 0 bridgehead atoms. The number of aryl methyl sites for hydroxylation is 1. The molecule has 22 heavy (non-hydrogen) atoms. The maximum Gasteiger partial charge on any atom is 0.262 e. The highest BCUT2D eigenvalue weighted by atomic mass is 32.1. The molecule has 1 N–H and O–H groups in total. The molecule has 3 rings (SSSR count). The van der Waals surface area contributed by atoms with Gasteiger partial charge in [-0.15, -0.1) is 0 Å². The summed E-state index contributed by atoms with van der Waals surface area (Å²) in [5.74, 6) is 0. The summed E-state index contributed by atoms with van der Waals surface area (Å²) in [5, 5.41) is 0.683. The normalized spacial score (nSPS) is 12.4. The van der Waals surface area contributed by atoms with Gasteiger partial charge in [-0.3, -0.25) is 9.36 Å². The lowest BCUT2D eigenvalue weighted by molar-refractivity contribution is 0.483. The van der Waals surface area contributed by atoms with E-state index in [-0.39, 0.29) is 11.6 Å². The Hall–Kier alpha value is -2.20. The summed E-state index contributed by atoms with van der Waals surface area (Å²) < 4.78 is 2.19. The molecule has 0 unspecified atom stereocenters. The second kappa shape index (κ2) is 6.28. The molecule has 1 aromatic heterocycles. The van der Waals surface area contributed by atoms with E-state index in [4.69, 9.17) is 12.2 Å². The number of aromatic nitrogens is 2. The van der Waals surface area contributed by atoms with Gasteiger partial charge in [-0.2, -0.15) is 0 Å². The van der Waals surface area contributed by atoms with Crippen molar-refractivity contribution in [2.45, 2.75) is 25.8 Å². The van der Waals surface area contributed by atoms with Crippen molar-refractivity contribution in [3.8, 4) is 0 Å². The Morgan fingerprint density at radius 1 is 1.09 bits per heavy atom. The molecule has 3 nitrogen and oxygen atoms in total. The molecule has 0 fully saturated rings. The number of hydrogen-bond donors (Lipinski definition) is 1.